The lowest BCUT2D eigenvalue weighted by molar-refractivity contribution is 0.349. The average molecular weight is 245 g/mol. The van der Waals surface area contributed by atoms with E-state index in [2.05, 4.69) is 29.1 Å². The molecule has 2 aromatic rings. The predicted molar refractivity (Wildman–Crippen MR) is 72.4 cm³/mol. The number of rotatable bonds is 2. The van der Waals surface area contributed by atoms with E-state index in [1.807, 2.05) is 10.6 Å². The number of hydrogen-bond acceptors (Lipinski definition) is 4. The van der Waals surface area contributed by atoms with Crippen LogP contribution in [0.1, 0.15) is 33.1 Å². The fraction of sp³-hybridized carbons (Fsp3) is 0.538. The topological polar surface area (TPSA) is 68.2 Å². The van der Waals surface area contributed by atoms with Gasteiger partial charge in [0, 0.05) is 18.4 Å². The maximum atomic E-state index is 5.83. The Morgan fingerprint density at radius 3 is 3.06 bits per heavy atom. The van der Waals surface area contributed by atoms with Crippen LogP contribution in [0.15, 0.2) is 18.6 Å². The van der Waals surface area contributed by atoms with E-state index < -0.39 is 0 Å². The van der Waals surface area contributed by atoms with Crippen molar-refractivity contribution in [2.75, 3.05) is 11.1 Å². The number of imidazole rings is 1. The van der Waals surface area contributed by atoms with E-state index in [0.29, 0.717) is 17.3 Å². The molecular formula is C13H19N5. The van der Waals surface area contributed by atoms with E-state index in [0.717, 1.165) is 11.5 Å². The molecule has 1 saturated carbocycles. The van der Waals surface area contributed by atoms with Crippen molar-refractivity contribution in [2.45, 2.75) is 39.2 Å². The lowest BCUT2D eigenvalue weighted by atomic mass is 9.87. The van der Waals surface area contributed by atoms with Gasteiger partial charge in [-0.1, -0.05) is 20.3 Å². The smallest absolute Gasteiger partial charge is 0.180 e. The molecule has 0 radical (unpaired) electrons. The summed E-state index contributed by atoms with van der Waals surface area (Å²) in [7, 11) is 0. The summed E-state index contributed by atoms with van der Waals surface area (Å²) in [6.07, 6.45) is 9.12. The number of anilines is 2. The second kappa shape index (κ2) is 3.86. The number of fused-ring (bicyclic) bond motifs is 1. The van der Waals surface area contributed by atoms with Crippen LogP contribution in [0.25, 0.3) is 5.65 Å². The first-order chi connectivity index (χ1) is 8.56. The van der Waals surface area contributed by atoms with Crippen molar-refractivity contribution in [3.8, 4) is 0 Å². The highest BCUT2D eigenvalue weighted by Crippen LogP contribution is 2.39. The first-order valence-electron chi connectivity index (χ1n) is 6.42. The van der Waals surface area contributed by atoms with Gasteiger partial charge in [-0.15, -0.1) is 0 Å². The zero-order valence-electron chi connectivity index (χ0n) is 10.8. The second-order valence-electron chi connectivity index (χ2n) is 5.75. The van der Waals surface area contributed by atoms with Crippen LogP contribution < -0.4 is 11.1 Å². The van der Waals surface area contributed by atoms with Gasteiger partial charge in [0.15, 0.2) is 11.5 Å². The zero-order chi connectivity index (χ0) is 12.8. The molecule has 1 aliphatic carbocycles. The molecule has 96 valence electrons. The summed E-state index contributed by atoms with van der Waals surface area (Å²) >= 11 is 0. The van der Waals surface area contributed by atoms with Gasteiger partial charge in [0.05, 0.1) is 6.20 Å². The van der Waals surface area contributed by atoms with Crippen molar-refractivity contribution >= 4 is 17.3 Å². The van der Waals surface area contributed by atoms with Crippen molar-refractivity contribution in [2.24, 2.45) is 5.41 Å². The van der Waals surface area contributed by atoms with Crippen LogP contribution in [0.4, 0.5) is 11.6 Å². The Labute approximate surface area is 106 Å². The fourth-order valence-electron chi connectivity index (χ4n) is 2.81. The molecule has 18 heavy (non-hydrogen) atoms. The van der Waals surface area contributed by atoms with Crippen LogP contribution >= 0.6 is 0 Å². The summed E-state index contributed by atoms with van der Waals surface area (Å²) in [5.41, 5.74) is 6.97. The van der Waals surface area contributed by atoms with Crippen LogP contribution in [0.2, 0.25) is 0 Å². The van der Waals surface area contributed by atoms with E-state index in [9.17, 15) is 0 Å². The van der Waals surface area contributed by atoms with Crippen LogP contribution in [0.3, 0.4) is 0 Å². The molecule has 1 aliphatic rings. The summed E-state index contributed by atoms with van der Waals surface area (Å²) in [6, 6.07) is 0.437. The maximum absolute atomic E-state index is 5.83. The van der Waals surface area contributed by atoms with Crippen molar-refractivity contribution in [3.63, 3.8) is 0 Å². The van der Waals surface area contributed by atoms with Crippen LogP contribution in [-0.2, 0) is 0 Å². The molecule has 3 rings (SSSR count). The Morgan fingerprint density at radius 2 is 2.33 bits per heavy atom. The summed E-state index contributed by atoms with van der Waals surface area (Å²) < 4.78 is 1.91. The maximum Gasteiger partial charge on any atom is 0.180 e. The molecule has 0 spiro atoms. The fourth-order valence-corrected chi connectivity index (χ4v) is 2.81. The van der Waals surface area contributed by atoms with E-state index >= 15 is 0 Å². The van der Waals surface area contributed by atoms with Crippen molar-refractivity contribution in [3.05, 3.63) is 18.6 Å². The molecule has 1 atom stereocenters. The van der Waals surface area contributed by atoms with E-state index in [4.69, 9.17) is 5.73 Å². The molecule has 3 N–H and O–H groups in total. The Bertz CT molecular complexity index is 572. The number of nitrogens with two attached hydrogens (primary N) is 1. The summed E-state index contributed by atoms with van der Waals surface area (Å²) in [5, 5.41) is 3.53. The summed E-state index contributed by atoms with van der Waals surface area (Å²) in [6.45, 7) is 4.60. The third kappa shape index (κ3) is 1.79. The summed E-state index contributed by atoms with van der Waals surface area (Å²) in [4.78, 5) is 8.72. The van der Waals surface area contributed by atoms with Gasteiger partial charge in [-0.25, -0.2) is 9.97 Å². The first kappa shape index (κ1) is 11.3. The van der Waals surface area contributed by atoms with Gasteiger partial charge in [0.25, 0.3) is 0 Å². The lowest BCUT2D eigenvalue weighted by Gasteiger charge is -2.28. The highest BCUT2D eigenvalue weighted by molar-refractivity contribution is 5.65. The van der Waals surface area contributed by atoms with Crippen molar-refractivity contribution in [1.82, 2.24) is 14.4 Å². The van der Waals surface area contributed by atoms with Gasteiger partial charge >= 0.3 is 0 Å². The molecule has 0 bridgehead atoms. The van der Waals surface area contributed by atoms with E-state index in [-0.39, 0.29) is 0 Å². The third-order valence-electron chi connectivity index (χ3n) is 3.96. The molecule has 2 aromatic heterocycles. The average Bonchev–Trinajstić information content (AvgIpc) is 2.86. The van der Waals surface area contributed by atoms with E-state index in [1.165, 1.54) is 19.3 Å². The van der Waals surface area contributed by atoms with Crippen LogP contribution in [0.5, 0.6) is 0 Å². The molecule has 0 amide bonds. The third-order valence-corrected chi connectivity index (χ3v) is 3.96. The van der Waals surface area contributed by atoms with E-state index in [1.54, 1.807) is 12.4 Å². The Morgan fingerprint density at radius 1 is 1.50 bits per heavy atom. The highest BCUT2D eigenvalue weighted by Gasteiger charge is 2.34. The van der Waals surface area contributed by atoms with Crippen LogP contribution in [0, 0.1) is 5.41 Å². The van der Waals surface area contributed by atoms with Gasteiger partial charge in [0.1, 0.15) is 5.82 Å². The van der Waals surface area contributed by atoms with Gasteiger partial charge in [-0.3, -0.25) is 0 Å². The van der Waals surface area contributed by atoms with Gasteiger partial charge in [-0.2, -0.15) is 0 Å². The SMILES string of the molecule is CC1(C)CCCC1Nc1nc(N)cn2ccnc12. The minimum atomic E-state index is 0.301. The second-order valence-corrected chi connectivity index (χ2v) is 5.75. The Hall–Kier alpha value is -1.78. The lowest BCUT2D eigenvalue weighted by Crippen LogP contribution is -2.31. The van der Waals surface area contributed by atoms with Gasteiger partial charge in [0.2, 0.25) is 0 Å². The van der Waals surface area contributed by atoms with Crippen molar-refractivity contribution < 1.29 is 0 Å². The molecule has 5 nitrogen and oxygen atoms in total. The summed E-state index contributed by atoms with van der Waals surface area (Å²) in [5.74, 6) is 1.30. The number of nitrogens with one attached hydrogen (secondary N) is 1. The van der Waals surface area contributed by atoms with Gasteiger partial charge < -0.3 is 15.5 Å². The van der Waals surface area contributed by atoms with Crippen LogP contribution in [-0.4, -0.2) is 20.4 Å². The number of nitrogens with zero attached hydrogens (tertiary/aromatic N) is 3. The molecular weight excluding hydrogens is 226 g/mol. The molecule has 0 saturated heterocycles. The minimum Gasteiger partial charge on any atom is -0.382 e. The number of hydrogen-bond donors (Lipinski definition) is 2. The number of aromatic nitrogens is 3. The molecule has 1 unspecified atom stereocenters. The molecule has 1 fully saturated rings. The highest BCUT2D eigenvalue weighted by atomic mass is 15.1. The largest absolute Gasteiger partial charge is 0.382 e. The molecule has 5 heteroatoms. The molecule has 0 aromatic carbocycles. The van der Waals surface area contributed by atoms with Crippen molar-refractivity contribution in [1.29, 1.82) is 0 Å². The molecule has 0 aliphatic heterocycles. The molecule has 2 heterocycles. The predicted octanol–water partition coefficient (Wildman–Crippen LogP) is 2.30. The van der Waals surface area contributed by atoms with Gasteiger partial charge in [-0.05, 0) is 18.3 Å². The monoisotopic (exact) mass is 245 g/mol. The quantitative estimate of drug-likeness (QED) is 0.852. The Kier molecular flexibility index (Phi) is 2.43. The first-order valence-corrected chi connectivity index (χ1v) is 6.42. The number of nitrogen functional groups attached to an aromatic ring is 1. The standard InChI is InChI=1S/C13H19N5/c1-13(2)5-3-4-9(13)16-11-12-15-6-7-18(12)8-10(14)17-11/h6-9H,3-5,14H2,1-2H3,(H,16,17). The normalized spacial score (nSPS) is 22.4. The Balaban J connectivity index is 1.97. The zero-order valence-corrected chi connectivity index (χ0v) is 10.8. The minimum absolute atomic E-state index is 0.301.